The zero-order valence-corrected chi connectivity index (χ0v) is 22.9. The van der Waals surface area contributed by atoms with Crippen molar-refractivity contribution in [3.8, 4) is 22.6 Å². The molecule has 0 saturated carbocycles. The number of ether oxygens (including phenoxy) is 2. The summed E-state index contributed by atoms with van der Waals surface area (Å²) < 4.78 is 10.7. The molecule has 0 unspecified atom stereocenters. The van der Waals surface area contributed by atoms with Crippen LogP contribution in [-0.2, 0) is 0 Å². The lowest BCUT2D eigenvalue weighted by Crippen LogP contribution is -2.54. The van der Waals surface area contributed by atoms with Gasteiger partial charge in [-0.15, -0.1) is 0 Å². The van der Waals surface area contributed by atoms with Crippen molar-refractivity contribution in [1.82, 2.24) is 20.5 Å². The molecule has 1 fully saturated rings. The van der Waals surface area contributed by atoms with Crippen molar-refractivity contribution in [2.45, 2.75) is 25.9 Å². The van der Waals surface area contributed by atoms with Crippen LogP contribution in [0.3, 0.4) is 0 Å². The van der Waals surface area contributed by atoms with Gasteiger partial charge in [0.05, 0.1) is 29.8 Å². The van der Waals surface area contributed by atoms with Crippen molar-refractivity contribution in [2.75, 3.05) is 37.5 Å². The summed E-state index contributed by atoms with van der Waals surface area (Å²) >= 11 is 13.1. The number of hydrogen-bond donors (Lipinski definition) is 3. The van der Waals surface area contributed by atoms with Gasteiger partial charge in [-0.1, -0.05) is 23.2 Å². The Morgan fingerprint density at radius 2 is 1.66 bits per heavy atom. The van der Waals surface area contributed by atoms with Gasteiger partial charge in [0.1, 0.15) is 17.0 Å². The molecule has 0 radical (unpaired) electrons. The number of nitrogens with one attached hydrogen (secondary N) is 3. The third-order valence-corrected chi connectivity index (χ3v) is 7.30. The molecule has 9 nitrogen and oxygen atoms in total. The summed E-state index contributed by atoms with van der Waals surface area (Å²) in [6.07, 6.45) is 1.61. The molecule has 4 aromatic rings. The molecule has 11 heteroatoms. The molecule has 3 heterocycles. The van der Waals surface area contributed by atoms with Crippen LogP contribution in [0.25, 0.3) is 22.2 Å². The number of methoxy groups -OCH3 is 2. The van der Waals surface area contributed by atoms with Crippen molar-refractivity contribution in [1.29, 1.82) is 0 Å². The average molecular weight is 555 g/mol. The number of carbonyl (C=O) groups excluding carboxylic acids is 1. The average Bonchev–Trinajstić information content (AvgIpc) is 3.30. The quantitative estimate of drug-likeness (QED) is 0.293. The van der Waals surface area contributed by atoms with Crippen molar-refractivity contribution < 1.29 is 14.3 Å². The van der Waals surface area contributed by atoms with Gasteiger partial charge in [0.2, 0.25) is 0 Å². The number of amides is 1. The molecule has 198 valence electrons. The number of H-pyrrole nitrogens is 1. The fourth-order valence-corrected chi connectivity index (χ4v) is 5.53. The summed E-state index contributed by atoms with van der Waals surface area (Å²) in [4.78, 5) is 19.8. The molecule has 0 bridgehead atoms. The number of rotatable bonds is 6. The maximum absolute atomic E-state index is 13.0. The lowest BCUT2D eigenvalue weighted by molar-refractivity contribution is 0.102. The van der Waals surface area contributed by atoms with E-state index in [2.05, 4.69) is 44.6 Å². The molecule has 5 rings (SSSR count). The van der Waals surface area contributed by atoms with Crippen molar-refractivity contribution >= 4 is 51.6 Å². The summed E-state index contributed by atoms with van der Waals surface area (Å²) in [5.74, 6) is 0.896. The van der Waals surface area contributed by atoms with Crippen LogP contribution in [0, 0.1) is 0 Å². The molecule has 1 aliphatic rings. The van der Waals surface area contributed by atoms with E-state index in [1.807, 2.05) is 24.3 Å². The van der Waals surface area contributed by atoms with E-state index in [0.717, 1.165) is 18.8 Å². The number of benzene rings is 2. The molecule has 2 aromatic carbocycles. The third kappa shape index (κ3) is 4.97. The number of anilines is 2. The van der Waals surface area contributed by atoms with Crippen LogP contribution >= 0.6 is 23.2 Å². The van der Waals surface area contributed by atoms with Crippen molar-refractivity contribution in [3.63, 3.8) is 0 Å². The van der Waals surface area contributed by atoms with E-state index in [1.54, 1.807) is 18.3 Å². The minimum atomic E-state index is -0.276. The fourth-order valence-electron chi connectivity index (χ4n) is 4.81. The van der Waals surface area contributed by atoms with E-state index in [4.69, 9.17) is 32.7 Å². The minimum absolute atomic E-state index is 0.276. The maximum Gasteiger partial charge on any atom is 0.256 e. The summed E-state index contributed by atoms with van der Waals surface area (Å²) in [6, 6.07) is 11.8. The normalized spacial score (nSPS) is 17.5. The number of fused-ring (bicyclic) bond motifs is 1. The fraction of sp³-hybridized carbons (Fsp3) is 0.296. The Kier molecular flexibility index (Phi) is 7.34. The molecule has 0 spiro atoms. The lowest BCUT2D eigenvalue weighted by atomic mass is 10.1. The van der Waals surface area contributed by atoms with E-state index in [9.17, 15) is 4.79 Å². The van der Waals surface area contributed by atoms with Crippen LogP contribution in [0.15, 0.2) is 42.6 Å². The van der Waals surface area contributed by atoms with Gasteiger partial charge in [0.15, 0.2) is 5.82 Å². The molecule has 1 amide bonds. The number of aromatic amines is 1. The van der Waals surface area contributed by atoms with Gasteiger partial charge in [-0.2, -0.15) is 5.10 Å². The summed E-state index contributed by atoms with van der Waals surface area (Å²) in [5, 5.41) is 14.2. The van der Waals surface area contributed by atoms with Crippen LogP contribution in [0.4, 0.5) is 11.5 Å². The highest BCUT2D eigenvalue weighted by Gasteiger charge is 2.22. The van der Waals surface area contributed by atoms with Crippen LogP contribution in [0.1, 0.15) is 24.2 Å². The number of halogens is 2. The van der Waals surface area contributed by atoms with Crippen molar-refractivity contribution in [3.05, 3.63) is 58.2 Å². The number of pyridine rings is 1. The molecular weight excluding hydrogens is 527 g/mol. The van der Waals surface area contributed by atoms with Gasteiger partial charge in [-0.3, -0.25) is 9.89 Å². The Morgan fingerprint density at radius 3 is 2.26 bits per heavy atom. The molecule has 38 heavy (non-hydrogen) atoms. The first kappa shape index (κ1) is 26.1. The van der Waals surface area contributed by atoms with Gasteiger partial charge < -0.3 is 25.0 Å². The van der Waals surface area contributed by atoms with Gasteiger partial charge in [-0.05, 0) is 44.2 Å². The first-order chi connectivity index (χ1) is 18.3. The van der Waals surface area contributed by atoms with Crippen molar-refractivity contribution in [2.24, 2.45) is 0 Å². The number of piperazine rings is 1. The summed E-state index contributed by atoms with van der Waals surface area (Å²) in [6.45, 7) is 6.18. The number of aromatic nitrogens is 3. The Balaban J connectivity index is 1.37. The SMILES string of the molecule is COc1cc(OC)c(Cl)c(-c2cnc3c(NC(=O)c4ccc(N5C[C@@H](C)N[C@@H](C)C5)cc4)n[nH]c3c2)c1Cl. The zero-order chi connectivity index (χ0) is 27.0. The number of carbonyl (C=O) groups is 1. The van der Waals surface area contributed by atoms with E-state index >= 15 is 0 Å². The predicted molar refractivity (Wildman–Crippen MR) is 151 cm³/mol. The molecule has 2 atom stereocenters. The molecule has 1 aliphatic heterocycles. The number of hydrogen-bond acceptors (Lipinski definition) is 7. The van der Waals surface area contributed by atoms with E-state index in [0.29, 0.717) is 67.2 Å². The lowest BCUT2D eigenvalue weighted by Gasteiger charge is -2.37. The highest BCUT2D eigenvalue weighted by Crippen LogP contribution is 2.46. The molecular formula is C27H28Cl2N6O3. The Morgan fingerprint density at radius 1 is 1.03 bits per heavy atom. The number of nitrogens with zero attached hydrogens (tertiary/aromatic N) is 3. The molecule has 2 aromatic heterocycles. The Hall–Kier alpha value is -3.53. The van der Waals surface area contributed by atoms with Crippen LogP contribution in [0.2, 0.25) is 10.0 Å². The Labute approximate surface area is 230 Å². The second-order valence-electron chi connectivity index (χ2n) is 9.35. The molecule has 1 saturated heterocycles. The van der Waals surface area contributed by atoms with Crippen LogP contribution in [-0.4, -0.2) is 60.5 Å². The molecule has 0 aliphatic carbocycles. The predicted octanol–water partition coefficient (Wildman–Crippen LogP) is 5.39. The first-order valence-corrected chi connectivity index (χ1v) is 12.9. The van der Waals surface area contributed by atoms with Crippen LogP contribution < -0.4 is 25.0 Å². The first-order valence-electron chi connectivity index (χ1n) is 12.2. The van der Waals surface area contributed by atoms with E-state index < -0.39 is 0 Å². The summed E-state index contributed by atoms with van der Waals surface area (Å²) in [5.41, 5.74) is 3.88. The van der Waals surface area contributed by atoms with Gasteiger partial charge in [0.25, 0.3) is 5.91 Å². The van der Waals surface area contributed by atoms with E-state index in [-0.39, 0.29) is 5.91 Å². The van der Waals surface area contributed by atoms with Gasteiger partial charge in [0, 0.05) is 59.8 Å². The third-order valence-electron chi connectivity index (χ3n) is 6.55. The smallest absolute Gasteiger partial charge is 0.256 e. The topological polar surface area (TPSA) is 104 Å². The summed E-state index contributed by atoms with van der Waals surface area (Å²) in [7, 11) is 3.03. The monoisotopic (exact) mass is 554 g/mol. The highest BCUT2D eigenvalue weighted by atomic mass is 35.5. The second kappa shape index (κ2) is 10.7. The molecule has 3 N–H and O–H groups in total. The second-order valence-corrected chi connectivity index (χ2v) is 10.1. The van der Waals surface area contributed by atoms with Crippen LogP contribution in [0.5, 0.6) is 11.5 Å². The maximum atomic E-state index is 13.0. The van der Waals surface area contributed by atoms with Gasteiger partial charge in [-0.25, -0.2) is 4.98 Å². The minimum Gasteiger partial charge on any atom is -0.495 e. The highest BCUT2D eigenvalue weighted by molar-refractivity contribution is 6.41. The zero-order valence-electron chi connectivity index (χ0n) is 21.4. The van der Waals surface area contributed by atoms with Gasteiger partial charge >= 0.3 is 0 Å². The Bertz CT molecular complexity index is 1450. The standard InChI is InChI=1S/C27H28Cl2N6O3/c1-14-12-35(13-15(2)31-14)18-7-5-16(6-8-18)27(36)32-26-25-19(33-34-26)9-17(11-30-25)22-23(28)20(37-3)10-21(38-4)24(22)29/h5-11,14-15,31H,12-13H2,1-4H3,(H2,32,33,34,36)/t14-,15+. The van der Waals surface area contributed by atoms with E-state index in [1.165, 1.54) is 14.2 Å². The largest absolute Gasteiger partial charge is 0.495 e.